The summed E-state index contributed by atoms with van der Waals surface area (Å²) < 4.78 is 0. The number of carboxylic acid groups (broad SMARTS) is 1. The van der Waals surface area contributed by atoms with Crippen LogP contribution in [0, 0.1) is 6.92 Å². The van der Waals surface area contributed by atoms with Gasteiger partial charge in [-0.05, 0) is 42.7 Å². The van der Waals surface area contributed by atoms with E-state index in [4.69, 9.17) is 5.11 Å². The number of anilines is 1. The van der Waals surface area contributed by atoms with Gasteiger partial charge in [-0.3, -0.25) is 0 Å². The zero-order valence-corrected chi connectivity index (χ0v) is 12.0. The van der Waals surface area contributed by atoms with Gasteiger partial charge in [0.05, 0.1) is 0 Å². The first-order chi connectivity index (χ1) is 9.04. The zero-order chi connectivity index (χ0) is 14.3. The summed E-state index contributed by atoms with van der Waals surface area (Å²) in [6, 6.07) is 6.03. The molecule has 0 unspecified atom stereocenters. The third-order valence-electron chi connectivity index (χ3n) is 3.15. The third-order valence-corrected chi connectivity index (χ3v) is 3.15. The van der Waals surface area contributed by atoms with Crippen molar-refractivity contribution in [3.8, 4) is 0 Å². The second-order valence-electron chi connectivity index (χ2n) is 4.85. The van der Waals surface area contributed by atoms with Crippen LogP contribution in [0.25, 0.3) is 6.08 Å². The molecule has 0 atom stereocenters. The van der Waals surface area contributed by atoms with Gasteiger partial charge in [0, 0.05) is 25.4 Å². The number of carbonyl (C=O) groups is 1. The maximum Gasteiger partial charge on any atom is 0.328 e. The van der Waals surface area contributed by atoms with Crippen LogP contribution in [0.4, 0.5) is 5.69 Å². The molecule has 1 rings (SSSR count). The molecule has 0 fully saturated rings. The van der Waals surface area contributed by atoms with Crippen molar-refractivity contribution in [3.05, 3.63) is 35.4 Å². The normalized spacial score (nSPS) is 10.9. The number of aliphatic carboxylic acids is 1. The Bertz CT molecular complexity index is 452. The molecule has 0 heterocycles. The van der Waals surface area contributed by atoms with Crippen LogP contribution in [0.3, 0.4) is 0 Å². The number of nitrogens with zero attached hydrogens (tertiary/aromatic N) is 1. The summed E-state index contributed by atoms with van der Waals surface area (Å²) in [7, 11) is 2.10. The van der Waals surface area contributed by atoms with Crippen molar-refractivity contribution in [2.75, 3.05) is 18.5 Å². The van der Waals surface area contributed by atoms with Gasteiger partial charge in [0.25, 0.3) is 0 Å². The molecule has 0 aromatic heterocycles. The highest BCUT2D eigenvalue weighted by Gasteiger charge is 2.04. The molecule has 1 aromatic rings. The Labute approximate surface area is 115 Å². The summed E-state index contributed by atoms with van der Waals surface area (Å²) in [5.74, 6) is -0.918. The molecule has 3 nitrogen and oxygen atoms in total. The second kappa shape index (κ2) is 7.62. The van der Waals surface area contributed by atoms with Crippen LogP contribution in [0.15, 0.2) is 24.3 Å². The SMILES string of the molecule is CCCCCN(C)c1ccc(/C=C/C(=O)O)cc1C. The Hall–Kier alpha value is -1.77. The van der Waals surface area contributed by atoms with E-state index in [-0.39, 0.29) is 0 Å². The monoisotopic (exact) mass is 261 g/mol. The molecule has 1 aromatic carbocycles. The molecule has 1 N–H and O–H groups in total. The highest BCUT2D eigenvalue weighted by atomic mass is 16.4. The predicted octanol–water partition coefficient (Wildman–Crippen LogP) is 3.72. The predicted molar refractivity (Wildman–Crippen MR) is 80.6 cm³/mol. The van der Waals surface area contributed by atoms with E-state index >= 15 is 0 Å². The fourth-order valence-corrected chi connectivity index (χ4v) is 2.10. The van der Waals surface area contributed by atoms with E-state index in [0.29, 0.717) is 0 Å². The molecule has 0 aliphatic rings. The fourth-order valence-electron chi connectivity index (χ4n) is 2.10. The molecule has 0 amide bonds. The zero-order valence-electron chi connectivity index (χ0n) is 12.0. The van der Waals surface area contributed by atoms with E-state index < -0.39 is 5.97 Å². The molecule has 0 aliphatic heterocycles. The van der Waals surface area contributed by atoms with E-state index in [1.165, 1.54) is 36.6 Å². The van der Waals surface area contributed by atoms with Crippen LogP contribution < -0.4 is 4.90 Å². The second-order valence-corrected chi connectivity index (χ2v) is 4.85. The summed E-state index contributed by atoms with van der Waals surface area (Å²) in [6.45, 7) is 5.32. The van der Waals surface area contributed by atoms with Gasteiger partial charge in [0.15, 0.2) is 0 Å². The lowest BCUT2D eigenvalue weighted by atomic mass is 10.1. The van der Waals surface area contributed by atoms with Gasteiger partial charge in [-0.15, -0.1) is 0 Å². The Kier molecular flexibility index (Phi) is 6.13. The van der Waals surface area contributed by atoms with Crippen LogP contribution >= 0.6 is 0 Å². The maximum atomic E-state index is 10.5. The van der Waals surface area contributed by atoms with Crippen LogP contribution in [0.1, 0.15) is 37.3 Å². The van der Waals surface area contributed by atoms with Crippen molar-refractivity contribution in [2.24, 2.45) is 0 Å². The maximum absolute atomic E-state index is 10.5. The minimum atomic E-state index is -0.918. The molecule has 0 aliphatic carbocycles. The number of carboxylic acids is 1. The van der Waals surface area contributed by atoms with Gasteiger partial charge in [0.1, 0.15) is 0 Å². The molecule has 0 saturated carbocycles. The van der Waals surface area contributed by atoms with Crippen LogP contribution in [0.5, 0.6) is 0 Å². The molecule has 0 bridgehead atoms. The number of aryl methyl sites for hydroxylation is 1. The van der Waals surface area contributed by atoms with Gasteiger partial charge < -0.3 is 10.0 Å². The highest BCUT2D eigenvalue weighted by Crippen LogP contribution is 2.21. The summed E-state index contributed by atoms with van der Waals surface area (Å²) >= 11 is 0. The summed E-state index contributed by atoms with van der Waals surface area (Å²) in [5, 5.41) is 8.61. The number of hydrogen-bond acceptors (Lipinski definition) is 2. The van der Waals surface area contributed by atoms with Gasteiger partial charge in [-0.2, -0.15) is 0 Å². The quantitative estimate of drug-likeness (QED) is 0.600. The largest absolute Gasteiger partial charge is 0.478 e. The van der Waals surface area contributed by atoms with Crippen molar-refractivity contribution >= 4 is 17.7 Å². The average Bonchev–Trinajstić information content (AvgIpc) is 2.36. The number of unbranched alkanes of at least 4 members (excludes halogenated alkanes) is 2. The van der Waals surface area contributed by atoms with Crippen molar-refractivity contribution in [3.63, 3.8) is 0 Å². The molecular formula is C16H23NO2. The van der Waals surface area contributed by atoms with Crippen molar-refractivity contribution in [1.82, 2.24) is 0 Å². The number of benzene rings is 1. The molecule has 0 spiro atoms. The van der Waals surface area contributed by atoms with E-state index in [9.17, 15) is 4.79 Å². The van der Waals surface area contributed by atoms with E-state index in [0.717, 1.165) is 12.1 Å². The van der Waals surface area contributed by atoms with Crippen molar-refractivity contribution < 1.29 is 9.90 Å². The van der Waals surface area contributed by atoms with E-state index in [1.54, 1.807) is 6.08 Å². The van der Waals surface area contributed by atoms with E-state index in [2.05, 4.69) is 31.9 Å². The third kappa shape index (κ3) is 5.16. The highest BCUT2D eigenvalue weighted by molar-refractivity contribution is 5.85. The summed E-state index contributed by atoms with van der Waals surface area (Å²) in [4.78, 5) is 12.7. The van der Waals surface area contributed by atoms with Gasteiger partial charge in [0.2, 0.25) is 0 Å². The van der Waals surface area contributed by atoms with E-state index in [1.807, 2.05) is 12.1 Å². The molecule has 19 heavy (non-hydrogen) atoms. The van der Waals surface area contributed by atoms with Gasteiger partial charge in [-0.25, -0.2) is 4.79 Å². The Morgan fingerprint density at radius 3 is 2.68 bits per heavy atom. The Balaban J connectivity index is 2.73. The van der Waals surface area contributed by atoms with Crippen LogP contribution in [-0.2, 0) is 4.79 Å². The lowest BCUT2D eigenvalue weighted by molar-refractivity contribution is -0.131. The number of rotatable bonds is 7. The summed E-state index contributed by atoms with van der Waals surface area (Å²) in [5.41, 5.74) is 3.31. The topological polar surface area (TPSA) is 40.5 Å². The first-order valence-electron chi connectivity index (χ1n) is 6.77. The lowest BCUT2D eigenvalue weighted by Gasteiger charge is -2.21. The molecule has 3 heteroatoms. The number of hydrogen-bond donors (Lipinski definition) is 1. The fraction of sp³-hybridized carbons (Fsp3) is 0.438. The molecular weight excluding hydrogens is 238 g/mol. The Morgan fingerprint density at radius 2 is 2.11 bits per heavy atom. The minimum Gasteiger partial charge on any atom is -0.478 e. The lowest BCUT2D eigenvalue weighted by Crippen LogP contribution is -2.19. The van der Waals surface area contributed by atoms with Crippen LogP contribution in [0.2, 0.25) is 0 Å². The molecule has 0 saturated heterocycles. The van der Waals surface area contributed by atoms with Crippen molar-refractivity contribution in [2.45, 2.75) is 33.1 Å². The smallest absolute Gasteiger partial charge is 0.328 e. The summed E-state index contributed by atoms with van der Waals surface area (Å²) in [6.07, 6.45) is 6.47. The van der Waals surface area contributed by atoms with Gasteiger partial charge >= 0.3 is 5.97 Å². The first kappa shape index (κ1) is 15.3. The minimum absolute atomic E-state index is 0.918. The van der Waals surface area contributed by atoms with Gasteiger partial charge in [-0.1, -0.05) is 25.8 Å². The molecule has 104 valence electrons. The standard InChI is InChI=1S/C16H23NO2/c1-4-5-6-11-17(3)15-9-7-14(12-13(15)2)8-10-16(18)19/h7-10,12H,4-6,11H2,1-3H3,(H,18,19)/b10-8+. The first-order valence-corrected chi connectivity index (χ1v) is 6.77. The van der Waals surface area contributed by atoms with Crippen molar-refractivity contribution in [1.29, 1.82) is 0 Å². The Morgan fingerprint density at radius 1 is 1.37 bits per heavy atom. The van der Waals surface area contributed by atoms with Crippen LogP contribution in [-0.4, -0.2) is 24.7 Å². The average molecular weight is 261 g/mol. The molecule has 0 radical (unpaired) electrons.